The second-order valence-corrected chi connectivity index (χ2v) is 6.82. The summed E-state index contributed by atoms with van der Waals surface area (Å²) in [6.45, 7) is 10.5. The number of hydrogen-bond acceptors (Lipinski definition) is 3. The number of ether oxygens (including phenoxy) is 1. The highest BCUT2D eigenvalue weighted by molar-refractivity contribution is 5.71. The Morgan fingerprint density at radius 2 is 1.58 bits per heavy atom. The molecule has 1 heterocycles. The predicted molar refractivity (Wildman–Crippen MR) is 98.3 cm³/mol. The zero-order valence-electron chi connectivity index (χ0n) is 14.9. The summed E-state index contributed by atoms with van der Waals surface area (Å²) in [5, 5.41) is 10.5. The van der Waals surface area contributed by atoms with Gasteiger partial charge in [0.1, 0.15) is 0 Å². The fourth-order valence-corrected chi connectivity index (χ4v) is 3.64. The molecule has 0 amide bonds. The Bertz CT molecular complexity index is 664. The van der Waals surface area contributed by atoms with Crippen LogP contribution in [0.2, 0.25) is 0 Å². The molecule has 3 heteroatoms. The Morgan fingerprint density at radius 1 is 1.00 bits per heavy atom. The van der Waals surface area contributed by atoms with Gasteiger partial charge in [-0.1, -0.05) is 42.0 Å². The zero-order chi connectivity index (χ0) is 17.1. The lowest BCUT2D eigenvalue weighted by molar-refractivity contribution is 0.0143. The van der Waals surface area contributed by atoms with Gasteiger partial charge < -0.3 is 9.84 Å². The minimum atomic E-state index is -0.447. The smallest absolute Gasteiger partial charge is 0.0916 e. The van der Waals surface area contributed by atoms with Crippen LogP contribution in [0.4, 0.5) is 0 Å². The summed E-state index contributed by atoms with van der Waals surface area (Å²) < 4.78 is 5.36. The summed E-state index contributed by atoms with van der Waals surface area (Å²) >= 11 is 0. The minimum Gasteiger partial charge on any atom is -0.387 e. The first kappa shape index (κ1) is 17.2. The molecule has 0 bridgehead atoms. The van der Waals surface area contributed by atoms with Crippen LogP contribution in [0, 0.1) is 20.8 Å². The van der Waals surface area contributed by atoms with Crippen LogP contribution in [0.5, 0.6) is 0 Å². The van der Waals surface area contributed by atoms with E-state index >= 15 is 0 Å². The molecule has 1 unspecified atom stereocenters. The normalized spacial score (nSPS) is 17.0. The zero-order valence-corrected chi connectivity index (χ0v) is 14.9. The van der Waals surface area contributed by atoms with Crippen molar-refractivity contribution in [2.75, 3.05) is 32.8 Å². The lowest BCUT2D eigenvalue weighted by atomic mass is 9.93. The van der Waals surface area contributed by atoms with Crippen molar-refractivity contribution in [2.24, 2.45) is 0 Å². The highest BCUT2D eigenvalue weighted by Crippen LogP contribution is 2.29. The summed E-state index contributed by atoms with van der Waals surface area (Å²) in [5.74, 6) is 0. The van der Waals surface area contributed by atoms with Gasteiger partial charge in [-0.15, -0.1) is 0 Å². The van der Waals surface area contributed by atoms with Gasteiger partial charge in [-0.25, -0.2) is 0 Å². The lowest BCUT2D eigenvalue weighted by Gasteiger charge is -2.28. The van der Waals surface area contributed by atoms with Crippen molar-refractivity contribution in [1.29, 1.82) is 0 Å². The summed E-state index contributed by atoms with van der Waals surface area (Å²) in [5.41, 5.74) is 7.39. The first-order chi connectivity index (χ1) is 11.5. The predicted octanol–water partition coefficient (Wildman–Crippen LogP) is 3.64. The molecule has 1 atom stereocenters. The van der Waals surface area contributed by atoms with Crippen molar-refractivity contribution in [3.05, 3.63) is 58.7 Å². The average Bonchev–Trinajstić information content (AvgIpc) is 2.55. The van der Waals surface area contributed by atoms with E-state index in [-0.39, 0.29) is 0 Å². The molecule has 2 aromatic carbocycles. The van der Waals surface area contributed by atoms with Gasteiger partial charge in [0, 0.05) is 19.6 Å². The van der Waals surface area contributed by atoms with Crippen molar-refractivity contribution < 1.29 is 9.84 Å². The largest absolute Gasteiger partial charge is 0.387 e. The third-order valence-corrected chi connectivity index (χ3v) is 4.80. The molecule has 0 aliphatic carbocycles. The minimum absolute atomic E-state index is 0.447. The van der Waals surface area contributed by atoms with E-state index in [4.69, 9.17) is 4.74 Å². The van der Waals surface area contributed by atoms with Crippen LogP contribution in [-0.4, -0.2) is 42.9 Å². The molecule has 2 aromatic rings. The van der Waals surface area contributed by atoms with Crippen LogP contribution in [0.3, 0.4) is 0 Å². The van der Waals surface area contributed by atoms with E-state index in [1.165, 1.54) is 27.8 Å². The number of rotatable bonds is 4. The molecule has 3 nitrogen and oxygen atoms in total. The van der Waals surface area contributed by atoms with Crippen LogP contribution < -0.4 is 0 Å². The van der Waals surface area contributed by atoms with Crippen molar-refractivity contribution in [3.63, 3.8) is 0 Å². The number of hydrogen-bond donors (Lipinski definition) is 1. The van der Waals surface area contributed by atoms with E-state index in [2.05, 4.69) is 62.1 Å². The third-order valence-electron chi connectivity index (χ3n) is 4.80. The van der Waals surface area contributed by atoms with Crippen LogP contribution >= 0.6 is 0 Å². The number of aliphatic hydroxyl groups excluding tert-OH is 1. The highest BCUT2D eigenvalue weighted by atomic mass is 16.5. The van der Waals surface area contributed by atoms with Gasteiger partial charge in [0.2, 0.25) is 0 Å². The fraction of sp³-hybridized carbons (Fsp3) is 0.429. The monoisotopic (exact) mass is 325 g/mol. The maximum Gasteiger partial charge on any atom is 0.0916 e. The molecule has 1 saturated heterocycles. The number of β-amino-alcohol motifs (C(OH)–C–C–N with tert-alkyl or cyclic N) is 1. The molecule has 1 aliphatic rings. The molecule has 0 spiro atoms. The van der Waals surface area contributed by atoms with E-state index in [1.54, 1.807) is 0 Å². The Balaban J connectivity index is 1.75. The maximum absolute atomic E-state index is 10.5. The van der Waals surface area contributed by atoms with E-state index in [9.17, 15) is 5.11 Å². The molecule has 24 heavy (non-hydrogen) atoms. The first-order valence-electron chi connectivity index (χ1n) is 8.71. The van der Waals surface area contributed by atoms with Gasteiger partial charge in [0.25, 0.3) is 0 Å². The van der Waals surface area contributed by atoms with Crippen molar-refractivity contribution in [1.82, 2.24) is 4.90 Å². The number of aliphatic hydroxyl groups is 1. The van der Waals surface area contributed by atoms with Crippen LogP contribution in [-0.2, 0) is 4.74 Å². The molecular weight excluding hydrogens is 298 g/mol. The molecule has 0 radical (unpaired) electrons. The molecule has 0 saturated carbocycles. The Labute approximate surface area is 144 Å². The van der Waals surface area contributed by atoms with Gasteiger partial charge in [-0.05, 0) is 48.6 Å². The maximum atomic E-state index is 10.5. The van der Waals surface area contributed by atoms with Crippen LogP contribution in [0.15, 0.2) is 36.4 Å². The lowest BCUT2D eigenvalue weighted by Crippen LogP contribution is -2.38. The molecule has 1 N–H and O–H groups in total. The second-order valence-electron chi connectivity index (χ2n) is 6.82. The van der Waals surface area contributed by atoms with E-state index < -0.39 is 6.10 Å². The Morgan fingerprint density at radius 3 is 2.17 bits per heavy atom. The summed E-state index contributed by atoms with van der Waals surface area (Å²) in [6, 6.07) is 12.8. The second kappa shape index (κ2) is 7.47. The third kappa shape index (κ3) is 3.86. The topological polar surface area (TPSA) is 32.7 Å². The number of benzene rings is 2. The van der Waals surface area contributed by atoms with Gasteiger partial charge in [-0.2, -0.15) is 0 Å². The Kier molecular flexibility index (Phi) is 5.34. The van der Waals surface area contributed by atoms with Gasteiger partial charge >= 0.3 is 0 Å². The molecule has 0 aromatic heterocycles. The van der Waals surface area contributed by atoms with Crippen molar-refractivity contribution in [3.8, 4) is 11.1 Å². The molecule has 1 aliphatic heterocycles. The van der Waals surface area contributed by atoms with Gasteiger partial charge in [0.05, 0.1) is 19.3 Å². The SMILES string of the molecule is Cc1cc(C)c(-c2ccc(C(O)CN3CCOCC3)cc2)c(C)c1. The molecule has 128 valence electrons. The molecule has 1 fully saturated rings. The van der Waals surface area contributed by atoms with Crippen LogP contribution in [0.1, 0.15) is 28.4 Å². The van der Waals surface area contributed by atoms with Gasteiger partial charge in [0.15, 0.2) is 0 Å². The van der Waals surface area contributed by atoms with E-state index in [0.29, 0.717) is 6.54 Å². The molecule has 3 rings (SSSR count). The quantitative estimate of drug-likeness (QED) is 0.931. The Hall–Kier alpha value is -1.68. The number of morpholine rings is 1. The summed E-state index contributed by atoms with van der Waals surface area (Å²) in [7, 11) is 0. The van der Waals surface area contributed by atoms with E-state index in [0.717, 1.165) is 31.9 Å². The van der Waals surface area contributed by atoms with Crippen molar-refractivity contribution in [2.45, 2.75) is 26.9 Å². The average molecular weight is 325 g/mol. The molecular formula is C21H27NO2. The van der Waals surface area contributed by atoms with Gasteiger partial charge in [-0.3, -0.25) is 4.90 Å². The number of aryl methyl sites for hydroxylation is 3. The van der Waals surface area contributed by atoms with Crippen molar-refractivity contribution >= 4 is 0 Å². The standard InChI is InChI=1S/C21H27NO2/c1-15-12-16(2)21(17(3)13-15)19-6-4-18(5-7-19)20(23)14-22-8-10-24-11-9-22/h4-7,12-13,20,23H,8-11,14H2,1-3H3. The first-order valence-corrected chi connectivity index (χ1v) is 8.71. The van der Waals surface area contributed by atoms with E-state index in [1.807, 2.05) is 0 Å². The van der Waals surface area contributed by atoms with Crippen LogP contribution in [0.25, 0.3) is 11.1 Å². The highest BCUT2D eigenvalue weighted by Gasteiger charge is 2.16. The summed E-state index contributed by atoms with van der Waals surface area (Å²) in [4.78, 5) is 2.26. The summed E-state index contributed by atoms with van der Waals surface area (Å²) in [6.07, 6.45) is -0.447. The fourth-order valence-electron chi connectivity index (χ4n) is 3.64. The number of nitrogens with zero attached hydrogens (tertiary/aromatic N) is 1.